The topological polar surface area (TPSA) is 204 Å². The molecule has 0 aromatic heterocycles. The van der Waals surface area contributed by atoms with E-state index in [-0.39, 0.29) is 29.5 Å². The number of hydrogen-bond acceptors (Lipinski definition) is 13. The molecule has 0 aliphatic carbocycles. The van der Waals surface area contributed by atoms with Gasteiger partial charge >= 0.3 is 38.3 Å². The fourth-order valence-electron chi connectivity index (χ4n) is 3.84. The summed E-state index contributed by atoms with van der Waals surface area (Å²) in [6.45, 7) is 7.72. The van der Waals surface area contributed by atoms with Gasteiger partial charge in [-0.15, -0.1) is 0 Å². The fraction of sp³-hybridized carbons (Fsp3) is 0.344. The van der Waals surface area contributed by atoms with Crippen molar-refractivity contribution in [1.82, 2.24) is 5.32 Å². The van der Waals surface area contributed by atoms with Gasteiger partial charge in [-0.25, -0.2) is 4.79 Å². The third kappa shape index (κ3) is 14.8. The molecule has 3 aromatic carbocycles. The van der Waals surface area contributed by atoms with Gasteiger partial charge in [-0.05, 0) is 68.3 Å². The van der Waals surface area contributed by atoms with Gasteiger partial charge in [-0.3, -0.25) is 9.59 Å². The molecule has 2 unspecified atom stereocenters. The highest BCUT2D eigenvalue weighted by atomic mass is 32.2. The number of carbonyl (C=O) groups excluding carboxylic acids is 3. The number of hydrogen-bond donors (Lipinski definition) is 2. The normalized spacial score (nSPS) is 12.6. The van der Waals surface area contributed by atoms with Crippen molar-refractivity contribution >= 4 is 38.3 Å². The van der Waals surface area contributed by atoms with Gasteiger partial charge in [-0.2, -0.15) is 16.8 Å². The quantitative estimate of drug-likeness (QED) is 0.154. The third-order valence-electron chi connectivity index (χ3n) is 5.61. The highest BCUT2D eigenvalue weighted by molar-refractivity contribution is 7.87. The summed E-state index contributed by atoms with van der Waals surface area (Å²) in [7, 11) is -7.61. The molecule has 0 fully saturated rings. The average molecular weight is 709 g/mol. The lowest BCUT2D eigenvalue weighted by atomic mass is 10.1. The number of nitrogens with two attached hydrogens (primary N) is 1. The summed E-state index contributed by atoms with van der Waals surface area (Å²) in [4.78, 5) is 34.2. The first-order valence-corrected chi connectivity index (χ1v) is 17.6. The highest BCUT2D eigenvalue weighted by Crippen LogP contribution is 2.25. The van der Waals surface area contributed by atoms with E-state index in [1.807, 2.05) is 0 Å². The van der Waals surface area contributed by atoms with Gasteiger partial charge in [-0.1, -0.05) is 42.5 Å². The Labute approximate surface area is 280 Å². The average Bonchev–Trinajstić information content (AvgIpc) is 2.97. The van der Waals surface area contributed by atoms with Crippen LogP contribution in [0.1, 0.15) is 58.0 Å². The largest absolute Gasteiger partial charge is 0.456 e. The number of alkyl carbamates (subject to hydrolysis) is 1. The molecule has 0 bridgehead atoms. The minimum absolute atomic E-state index is 0.0448. The van der Waals surface area contributed by atoms with Gasteiger partial charge in [0.2, 0.25) is 0 Å². The third-order valence-corrected chi connectivity index (χ3v) is 7.36. The number of carbonyl (C=O) groups is 3. The van der Waals surface area contributed by atoms with E-state index in [0.29, 0.717) is 11.1 Å². The lowest BCUT2D eigenvalue weighted by Crippen LogP contribution is -2.35. The Kier molecular flexibility index (Phi) is 14.4. The minimum Gasteiger partial charge on any atom is -0.456 e. The van der Waals surface area contributed by atoms with Crippen molar-refractivity contribution in [3.8, 4) is 11.5 Å². The van der Waals surface area contributed by atoms with Crippen LogP contribution in [0.4, 0.5) is 4.79 Å². The Bertz CT molecular complexity index is 1760. The lowest BCUT2D eigenvalue weighted by molar-refractivity contribution is -0.147. The molecule has 0 aliphatic heterocycles. The van der Waals surface area contributed by atoms with Crippen molar-refractivity contribution in [3.05, 3.63) is 90.0 Å². The Morgan fingerprint density at radius 2 is 1.25 bits per heavy atom. The van der Waals surface area contributed by atoms with E-state index in [9.17, 15) is 31.2 Å². The molecule has 2 atom stereocenters. The Balaban J connectivity index is 0.000000334. The van der Waals surface area contributed by atoms with Crippen molar-refractivity contribution in [2.75, 3.05) is 19.3 Å². The van der Waals surface area contributed by atoms with E-state index in [4.69, 9.17) is 28.3 Å². The summed E-state index contributed by atoms with van der Waals surface area (Å²) >= 11 is 0. The molecular weight excluding hydrogens is 668 g/mol. The monoisotopic (exact) mass is 708 g/mol. The van der Waals surface area contributed by atoms with Gasteiger partial charge in [0, 0.05) is 20.4 Å². The van der Waals surface area contributed by atoms with Crippen LogP contribution in [0.25, 0.3) is 0 Å². The van der Waals surface area contributed by atoms with Gasteiger partial charge < -0.3 is 33.6 Å². The van der Waals surface area contributed by atoms with Gasteiger partial charge in [0.1, 0.15) is 34.2 Å². The predicted molar refractivity (Wildman–Crippen MR) is 175 cm³/mol. The van der Waals surface area contributed by atoms with Gasteiger partial charge in [0.05, 0.1) is 12.8 Å². The number of benzene rings is 3. The molecule has 262 valence electrons. The van der Waals surface area contributed by atoms with Crippen LogP contribution in [0.2, 0.25) is 0 Å². The summed E-state index contributed by atoms with van der Waals surface area (Å²) < 4.78 is 72.2. The SMILES string of the molecule is CC(=O)OC(CN)c1cccc(OS(=O)(=O)c2ccccc2)c1.CC(=O)OC(CNC(=O)OC(C)(C)C)c1cccc(OS(C)(=O)=O)c1. The molecule has 16 heteroatoms. The molecule has 0 radical (unpaired) electrons. The first-order chi connectivity index (χ1) is 22.3. The van der Waals surface area contributed by atoms with Gasteiger partial charge in [0.25, 0.3) is 0 Å². The number of nitrogens with one attached hydrogen (secondary N) is 1. The molecule has 0 spiro atoms. The molecule has 0 aliphatic rings. The van der Waals surface area contributed by atoms with E-state index in [0.717, 1.165) is 6.26 Å². The van der Waals surface area contributed by atoms with E-state index < -0.39 is 56.1 Å². The second-order valence-electron chi connectivity index (χ2n) is 11.1. The second kappa shape index (κ2) is 17.5. The number of esters is 2. The van der Waals surface area contributed by atoms with Crippen LogP contribution in [0.15, 0.2) is 83.8 Å². The molecule has 0 saturated carbocycles. The van der Waals surface area contributed by atoms with Crippen LogP contribution < -0.4 is 19.4 Å². The molecule has 14 nitrogen and oxygen atoms in total. The van der Waals surface area contributed by atoms with Crippen LogP contribution in [0, 0.1) is 0 Å². The van der Waals surface area contributed by atoms with E-state index in [2.05, 4.69) is 5.32 Å². The second-order valence-corrected chi connectivity index (χ2v) is 14.2. The zero-order chi connectivity index (χ0) is 36.1. The maximum Gasteiger partial charge on any atom is 0.407 e. The maximum absolute atomic E-state index is 12.2. The Morgan fingerprint density at radius 1 is 0.750 bits per heavy atom. The lowest BCUT2D eigenvalue weighted by Gasteiger charge is -2.22. The minimum atomic E-state index is -3.92. The van der Waals surface area contributed by atoms with Gasteiger partial charge in [0.15, 0.2) is 0 Å². The van der Waals surface area contributed by atoms with Crippen LogP contribution in [-0.4, -0.2) is 59.8 Å². The maximum atomic E-state index is 12.2. The van der Waals surface area contributed by atoms with Crippen molar-refractivity contribution in [2.45, 2.75) is 57.3 Å². The molecule has 1 amide bonds. The molecular formula is C32H40N2O12S2. The molecule has 0 heterocycles. The molecule has 0 saturated heterocycles. The summed E-state index contributed by atoms with van der Waals surface area (Å²) in [5.74, 6) is -0.819. The highest BCUT2D eigenvalue weighted by Gasteiger charge is 2.21. The first-order valence-electron chi connectivity index (χ1n) is 14.4. The Morgan fingerprint density at radius 3 is 1.73 bits per heavy atom. The summed E-state index contributed by atoms with van der Waals surface area (Å²) in [5.41, 5.74) is 5.95. The predicted octanol–water partition coefficient (Wildman–Crippen LogP) is 4.17. The van der Waals surface area contributed by atoms with Crippen molar-refractivity contribution < 1.29 is 53.8 Å². The first kappa shape index (κ1) is 39.5. The summed E-state index contributed by atoms with van der Waals surface area (Å²) in [6, 6.07) is 20.2. The van der Waals surface area contributed by atoms with Crippen LogP contribution in [-0.2, 0) is 44.0 Å². The standard InChI is InChI=1S/C16H23NO7S.C16H17NO5S/c1-11(18)22-14(10-17-15(19)23-16(2,3)4)12-7-6-8-13(9-12)24-25(5,20)21;1-12(18)21-16(11-17)13-6-5-7-14(10-13)22-23(19,20)15-8-3-2-4-9-15/h6-9,14H,10H2,1-5H3,(H,17,19);2-10,16H,11,17H2,1H3. The van der Waals surface area contributed by atoms with Crippen LogP contribution in [0.5, 0.6) is 11.5 Å². The molecule has 3 N–H and O–H groups in total. The molecule has 48 heavy (non-hydrogen) atoms. The number of amides is 1. The van der Waals surface area contributed by atoms with Crippen molar-refractivity contribution in [1.29, 1.82) is 0 Å². The zero-order valence-corrected chi connectivity index (χ0v) is 29.0. The number of ether oxygens (including phenoxy) is 3. The van der Waals surface area contributed by atoms with Crippen LogP contribution >= 0.6 is 0 Å². The zero-order valence-electron chi connectivity index (χ0n) is 27.4. The molecule has 3 rings (SSSR count). The van der Waals surface area contributed by atoms with E-state index >= 15 is 0 Å². The summed E-state index contributed by atoms with van der Waals surface area (Å²) in [5, 5.41) is 2.51. The van der Waals surface area contributed by atoms with Crippen molar-refractivity contribution in [3.63, 3.8) is 0 Å². The number of rotatable bonds is 12. The van der Waals surface area contributed by atoms with E-state index in [1.165, 1.54) is 50.2 Å². The molecule has 3 aromatic rings. The van der Waals surface area contributed by atoms with Crippen molar-refractivity contribution in [2.24, 2.45) is 5.73 Å². The fourth-order valence-corrected chi connectivity index (χ4v) is 5.24. The van der Waals surface area contributed by atoms with E-state index in [1.54, 1.807) is 63.2 Å². The Hall–Kier alpha value is -4.67. The van der Waals surface area contributed by atoms with Crippen LogP contribution in [0.3, 0.4) is 0 Å². The smallest absolute Gasteiger partial charge is 0.407 e. The summed E-state index contributed by atoms with van der Waals surface area (Å²) in [6.07, 6.45) is -1.22.